The van der Waals surface area contributed by atoms with Gasteiger partial charge in [0, 0.05) is 22.8 Å². The predicted octanol–water partition coefficient (Wildman–Crippen LogP) is 4.56. The molecule has 0 aliphatic heterocycles. The van der Waals surface area contributed by atoms with Crippen molar-refractivity contribution in [2.45, 2.75) is 0 Å². The summed E-state index contributed by atoms with van der Waals surface area (Å²) in [6, 6.07) is 22.1. The molecule has 4 nitrogen and oxygen atoms in total. The van der Waals surface area contributed by atoms with Gasteiger partial charge in [-0.05, 0) is 23.3 Å². The van der Waals surface area contributed by atoms with E-state index >= 15 is 0 Å². The molecule has 4 heteroatoms. The average Bonchev–Trinajstić information content (AvgIpc) is 3.02. The fourth-order valence-corrected chi connectivity index (χ4v) is 3.18. The summed E-state index contributed by atoms with van der Waals surface area (Å²) in [5, 5.41) is 8.85. The number of ether oxygens (including phenoxy) is 2. The zero-order valence-electron chi connectivity index (χ0n) is 14.6. The van der Waals surface area contributed by atoms with Crippen molar-refractivity contribution < 1.29 is 9.47 Å². The molecule has 0 atom stereocenters. The number of hydrogen-bond acceptors (Lipinski definition) is 4. The Kier molecular flexibility index (Phi) is 4.23. The number of benzene rings is 3. The smallest absolute Gasteiger partial charge is 0.131 e. The highest BCUT2D eigenvalue weighted by Crippen LogP contribution is 2.36. The molecule has 0 bridgehead atoms. The molecule has 4 rings (SSSR count). The number of methoxy groups -OCH3 is 2. The second-order valence-electron chi connectivity index (χ2n) is 5.89. The molecule has 0 amide bonds. The number of rotatable bonds is 4. The molecule has 0 saturated heterocycles. The van der Waals surface area contributed by atoms with Crippen LogP contribution in [0, 0.1) is 0 Å². The van der Waals surface area contributed by atoms with Gasteiger partial charge in [-0.3, -0.25) is 0 Å². The van der Waals surface area contributed by atoms with Crippen LogP contribution < -0.4 is 9.47 Å². The number of fused-ring (bicyclic) bond motifs is 3. The maximum Gasteiger partial charge on any atom is 0.131 e. The Bertz CT molecular complexity index is 975. The van der Waals surface area contributed by atoms with Gasteiger partial charge >= 0.3 is 0 Å². The Morgan fingerprint density at radius 1 is 0.731 bits per heavy atom. The SMILES string of the molecule is COc1ccc(/C=N/N=C2c3ccccc3-c3ccccc32)c(OC)c1. The lowest BCUT2D eigenvalue weighted by Gasteiger charge is -2.06. The van der Waals surface area contributed by atoms with Crippen molar-refractivity contribution >= 4 is 11.9 Å². The van der Waals surface area contributed by atoms with E-state index in [2.05, 4.69) is 34.5 Å². The molecule has 0 heterocycles. The molecule has 0 fully saturated rings. The van der Waals surface area contributed by atoms with Gasteiger partial charge in [0.25, 0.3) is 0 Å². The summed E-state index contributed by atoms with van der Waals surface area (Å²) < 4.78 is 10.6. The normalized spacial score (nSPS) is 12.0. The first-order chi connectivity index (χ1) is 12.8. The van der Waals surface area contributed by atoms with E-state index in [9.17, 15) is 0 Å². The summed E-state index contributed by atoms with van der Waals surface area (Å²) in [5.74, 6) is 1.43. The molecule has 0 N–H and O–H groups in total. The first-order valence-electron chi connectivity index (χ1n) is 8.34. The molecule has 0 radical (unpaired) electrons. The lowest BCUT2D eigenvalue weighted by Crippen LogP contribution is -1.97. The lowest BCUT2D eigenvalue weighted by atomic mass is 10.1. The van der Waals surface area contributed by atoms with E-state index in [0.29, 0.717) is 5.75 Å². The molecular weight excluding hydrogens is 324 g/mol. The predicted molar refractivity (Wildman–Crippen MR) is 105 cm³/mol. The maximum absolute atomic E-state index is 5.40. The van der Waals surface area contributed by atoms with Crippen LogP contribution in [0.15, 0.2) is 76.9 Å². The number of hydrogen-bond donors (Lipinski definition) is 0. The van der Waals surface area contributed by atoms with Crippen LogP contribution in [-0.4, -0.2) is 26.1 Å². The highest BCUT2D eigenvalue weighted by molar-refractivity contribution is 6.24. The molecule has 1 aliphatic carbocycles. The van der Waals surface area contributed by atoms with Gasteiger partial charge in [-0.25, -0.2) is 0 Å². The van der Waals surface area contributed by atoms with Gasteiger partial charge in [-0.1, -0.05) is 48.5 Å². The molecule has 3 aromatic carbocycles. The maximum atomic E-state index is 5.40. The van der Waals surface area contributed by atoms with Gasteiger partial charge in [-0.2, -0.15) is 5.10 Å². The minimum atomic E-state index is 0.695. The zero-order valence-corrected chi connectivity index (χ0v) is 14.6. The number of nitrogens with zero attached hydrogens (tertiary/aromatic N) is 2. The van der Waals surface area contributed by atoms with Crippen molar-refractivity contribution in [1.29, 1.82) is 0 Å². The van der Waals surface area contributed by atoms with Crippen LogP contribution >= 0.6 is 0 Å². The van der Waals surface area contributed by atoms with Gasteiger partial charge in [0.15, 0.2) is 0 Å². The van der Waals surface area contributed by atoms with E-state index in [0.717, 1.165) is 28.2 Å². The highest BCUT2D eigenvalue weighted by atomic mass is 16.5. The van der Waals surface area contributed by atoms with Crippen molar-refractivity contribution in [3.8, 4) is 22.6 Å². The first-order valence-corrected chi connectivity index (χ1v) is 8.34. The summed E-state index contributed by atoms with van der Waals surface area (Å²) >= 11 is 0. The topological polar surface area (TPSA) is 43.2 Å². The van der Waals surface area contributed by atoms with Crippen LogP contribution in [0.2, 0.25) is 0 Å². The summed E-state index contributed by atoms with van der Waals surface area (Å²) in [7, 11) is 3.25. The van der Waals surface area contributed by atoms with Crippen LogP contribution in [0.4, 0.5) is 0 Å². The lowest BCUT2D eigenvalue weighted by molar-refractivity contribution is 0.394. The third-order valence-electron chi connectivity index (χ3n) is 4.45. The summed E-state index contributed by atoms with van der Waals surface area (Å²) in [6.45, 7) is 0. The fourth-order valence-electron chi connectivity index (χ4n) is 3.18. The first kappa shape index (κ1) is 16.1. The zero-order chi connectivity index (χ0) is 17.9. The standard InChI is InChI=1S/C22H18N2O2/c1-25-16-12-11-15(21(13-16)26-2)14-23-24-22-19-9-5-3-7-17(19)18-8-4-6-10-20(18)22/h3-14H,1-2H3/b23-14+. The molecule has 0 unspecified atom stereocenters. The van der Waals surface area contributed by atoms with Crippen LogP contribution in [0.1, 0.15) is 16.7 Å². The Hall–Kier alpha value is -3.40. The van der Waals surface area contributed by atoms with Gasteiger partial charge in [0.05, 0.1) is 20.4 Å². The second-order valence-corrected chi connectivity index (χ2v) is 5.89. The monoisotopic (exact) mass is 342 g/mol. The Morgan fingerprint density at radius 2 is 1.35 bits per heavy atom. The fraction of sp³-hybridized carbons (Fsp3) is 0.0909. The van der Waals surface area contributed by atoms with Gasteiger partial charge in [-0.15, -0.1) is 5.10 Å². The van der Waals surface area contributed by atoms with Crippen molar-refractivity contribution in [1.82, 2.24) is 0 Å². The van der Waals surface area contributed by atoms with E-state index in [1.807, 2.05) is 42.5 Å². The molecule has 0 spiro atoms. The molecule has 128 valence electrons. The van der Waals surface area contributed by atoms with Crippen molar-refractivity contribution in [3.63, 3.8) is 0 Å². The van der Waals surface area contributed by atoms with E-state index in [-0.39, 0.29) is 0 Å². The highest BCUT2D eigenvalue weighted by Gasteiger charge is 2.23. The van der Waals surface area contributed by atoms with E-state index in [4.69, 9.17) is 9.47 Å². The van der Waals surface area contributed by atoms with E-state index in [1.165, 1.54) is 11.1 Å². The van der Waals surface area contributed by atoms with Crippen molar-refractivity contribution in [2.24, 2.45) is 10.2 Å². The minimum absolute atomic E-state index is 0.695. The molecule has 0 aromatic heterocycles. The van der Waals surface area contributed by atoms with Gasteiger partial charge in [0.2, 0.25) is 0 Å². The Labute approximate surface area is 152 Å². The third kappa shape index (κ3) is 2.75. The van der Waals surface area contributed by atoms with Gasteiger partial charge < -0.3 is 9.47 Å². The third-order valence-corrected chi connectivity index (χ3v) is 4.45. The molecule has 1 aliphatic rings. The Morgan fingerprint density at radius 3 is 1.92 bits per heavy atom. The molecule has 3 aromatic rings. The average molecular weight is 342 g/mol. The minimum Gasteiger partial charge on any atom is -0.497 e. The molecule has 26 heavy (non-hydrogen) atoms. The van der Waals surface area contributed by atoms with E-state index < -0.39 is 0 Å². The second kappa shape index (κ2) is 6.84. The van der Waals surface area contributed by atoms with Crippen LogP contribution in [0.5, 0.6) is 11.5 Å². The summed E-state index contributed by atoms with van der Waals surface area (Å²) in [4.78, 5) is 0. The quantitative estimate of drug-likeness (QED) is 0.403. The largest absolute Gasteiger partial charge is 0.497 e. The van der Waals surface area contributed by atoms with Crippen LogP contribution in [-0.2, 0) is 0 Å². The van der Waals surface area contributed by atoms with Crippen molar-refractivity contribution in [2.75, 3.05) is 14.2 Å². The van der Waals surface area contributed by atoms with Gasteiger partial charge in [0.1, 0.15) is 17.2 Å². The van der Waals surface area contributed by atoms with E-state index in [1.54, 1.807) is 20.4 Å². The van der Waals surface area contributed by atoms with Crippen molar-refractivity contribution in [3.05, 3.63) is 83.4 Å². The summed E-state index contributed by atoms with van der Waals surface area (Å²) in [6.07, 6.45) is 1.70. The summed E-state index contributed by atoms with van der Waals surface area (Å²) in [5.41, 5.74) is 6.33. The molecular formula is C22H18N2O2. The molecule has 0 saturated carbocycles. The van der Waals surface area contributed by atoms with Crippen LogP contribution in [0.3, 0.4) is 0 Å². The Balaban J connectivity index is 1.73. The van der Waals surface area contributed by atoms with Crippen LogP contribution in [0.25, 0.3) is 11.1 Å².